The van der Waals surface area contributed by atoms with Gasteiger partial charge in [-0.3, -0.25) is 4.79 Å². The molecule has 1 heterocycles. The van der Waals surface area contributed by atoms with Gasteiger partial charge >= 0.3 is 0 Å². The minimum absolute atomic E-state index is 0.106. The molecule has 1 fully saturated rings. The quantitative estimate of drug-likeness (QED) is 0.679. The van der Waals surface area contributed by atoms with Crippen LogP contribution >= 0.6 is 12.2 Å². The van der Waals surface area contributed by atoms with Crippen LogP contribution in [0.25, 0.3) is 0 Å². The molecule has 5 nitrogen and oxygen atoms in total. The van der Waals surface area contributed by atoms with Crippen LogP contribution in [-0.2, 0) is 4.79 Å². The Morgan fingerprint density at radius 1 is 1.07 bits per heavy atom. The van der Waals surface area contributed by atoms with Crippen LogP contribution in [0.4, 0.5) is 20.2 Å². The number of hydrogen-bond acceptors (Lipinski definition) is 2. The van der Waals surface area contributed by atoms with E-state index in [0.717, 1.165) is 18.0 Å². The maximum atomic E-state index is 13.7. The number of thiocarbonyl (C=S) groups is 1. The molecule has 28 heavy (non-hydrogen) atoms. The lowest BCUT2D eigenvalue weighted by Crippen LogP contribution is -3.15. The molecule has 3 rings (SSSR count). The van der Waals surface area contributed by atoms with Gasteiger partial charge in [0.15, 0.2) is 11.7 Å². The number of quaternary nitrogens is 1. The van der Waals surface area contributed by atoms with Gasteiger partial charge in [-0.15, -0.1) is 0 Å². The summed E-state index contributed by atoms with van der Waals surface area (Å²) in [6.07, 6.45) is 0. The van der Waals surface area contributed by atoms with Crippen molar-refractivity contribution in [1.82, 2.24) is 4.90 Å². The van der Waals surface area contributed by atoms with E-state index in [1.165, 1.54) is 18.2 Å². The predicted octanol–water partition coefficient (Wildman–Crippen LogP) is 1.81. The molecule has 0 saturated carbocycles. The molecule has 0 radical (unpaired) electrons. The van der Waals surface area contributed by atoms with Gasteiger partial charge in [-0.25, -0.2) is 8.78 Å². The van der Waals surface area contributed by atoms with Crippen molar-refractivity contribution in [3.05, 3.63) is 59.7 Å². The Balaban J connectivity index is 1.44. The molecular formula is C20H23F2N4OS+. The van der Waals surface area contributed by atoms with Crippen LogP contribution in [0.3, 0.4) is 0 Å². The van der Waals surface area contributed by atoms with Gasteiger partial charge in [0, 0.05) is 11.4 Å². The first-order valence-electron chi connectivity index (χ1n) is 9.12. The zero-order valence-electron chi connectivity index (χ0n) is 15.6. The molecule has 2 aromatic carbocycles. The first-order chi connectivity index (χ1) is 13.4. The summed E-state index contributed by atoms with van der Waals surface area (Å²) < 4.78 is 26.6. The third kappa shape index (κ3) is 5.46. The van der Waals surface area contributed by atoms with Gasteiger partial charge in [-0.2, -0.15) is 0 Å². The normalized spacial score (nSPS) is 14.6. The van der Waals surface area contributed by atoms with Crippen molar-refractivity contribution in [3.63, 3.8) is 0 Å². The third-order valence-corrected chi connectivity index (χ3v) is 5.08. The Bertz CT molecular complexity index is 852. The van der Waals surface area contributed by atoms with Crippen molar-refractivity contribution in [2.24, 2.45) is 0 Å². The van der Waals surface area contributed by atoms with Crippen LogP contribution in [-0.4, -0.2) is 48.6 Å². The smallest absolute Gasteiger partial charge is 0.279 e. The van der Waals surface area contributed by atoms with E-state index in [4.69, 9.17) is 12.2 Å². The number of nitrogens with zero attached hydrogens (tertiary/aromatic N) is 1. The van der Waals surface area contributed by atoms with E-state index in [1.807, 2.05) is 4.90 Å². The highest BCUT2D eigenvalue weighted by Crippen LogP contribution is 2.14. The van der Waals surface area contributed by atoms with Gasteiger partial charge in [0.05, 0.1) is 26.2 Å². The molecule has 2 aromatic rings. The number of piperazine rings is 1. The van der Waals surface area contributed by atoms with Gasteiger partial charge < -0.3 is 20.4 Å². The van der Waals surface area contributed by atoms with E-state index < -0.39 is 0 Å². The number of amides is 1. The Hall–Kier alpha value is -2.58. The predicted molar refractivity (Wildman–Crippen MR) is 110 cm³/mol. The van der Waals surface area contributed by atoms with Crippen LogP contribution in [0.5, 0.6) is 0 Å². The summed E-state index contributed by atoms with van der Waals surface area (Å²) in [5.74, 6) is -0.710. The maximum absolute atomic E-state index is 13.7. The molecule has 0 aromatic heterocycles. The van der Waals surface area contributed by atoms with Gasteiger partial charge in [-0.1, -0.05) is 6.07 Å². The van der Waals surface area contributed by atoms with E-state index in [9.17, 15) is 13.6 Å². The standard InChI is InChI=1S/C20H22F2N4OS/c1-14-2-5-17(12-18(14)22)24-20(28)26-10-8-25(9-11-26)13-19(27)23-16-6-3-15(21)4-7-16/h2-7,12H,8-11,13H2,1H3,(H,23,27)(H,24,28)/p+1. The first kappa shape index (κ1) is 20.2. The number of hydrogen-bond donors (Lipinski definition) is 3. The maximum Gasteiger partial charge on any atom is 0.279 e. The highest BCUT2D eigenvalue weighted by molar-refractivity contribution is 7.80. The van der Waals surface area contributed by atoms with E-state index in [2.05, 4.69) is 10.6 Å². The van der Waals surface area contributed by atoms with Crippen LogP contribution in [0, 0.1) is 18.6 Å². The average molecular weight is 405 g/mol. The zero-order valence-corrected chi connectivity index (χ0v) is 16.4. The fourth-order valence-electron chi connectivity index (χ4n) is 3.04. The Kier molecular flexibility index (Phi) is 6.53. The first-order valence-corrected chi connectivity index (χ1v) is 9.52. The number of halogens is 2. The fraction of sp³-hybridized carbons (Fsp3) is 0.300. The Labute approximate surface area is 168 Å². The second-order valence-electron chi connectivity index (χ2n) is 6.86. The monoisotopic (exact) mass is 405 g/mol. The molecule has 8 heteroatoms. The number of carbonyl (C=O) groups excluding carboxylic acids is 1. The van der Waals surface area contributed by atoms with Crippen molar-refractivity contribution in [2.75, 3.05) is 43.4 Å². The van der Waals surface area contributed by atoms with Crippen LogP contribution in [0.2, 0.25) is 0 Å². The van der Waals surface area contributed by atoms with Crippen molar-refractivity contribution < 1.29 is 18.5 Å². The van der Waals surface area contributed by atoms with Crippen LogP contribution in [0.1, 0.15) is 5.56 Å². The molecule has 1 saturated heterocycles. The van der Waals surface area contributed by atoms with Crippen LogP contribution in [0.15, 0.2) is 42.5 Å². The summed E-state index contributed by atoms with van der Waals surface area (Å²) in [7, 11) is 0. The Morgan fingerprint density at radius 2 is 1.71 bits per heavy atom. The molecule has 3 N–H and O–H groups in total. The molecule has 1 amide bonds. The molecule has 1 aliphatic rings. The molecule has 0 spiro atoms. The molecule has 148 valence electrons. The summed E-state index contributed by atoms with van der Waals surface area (Å²) in [5.41, 5.74) is 1.80. The lowest BCUT2D eigenvalue weighted by Gasteiger charge is -2.33. The highest BCUT2D eigenvalue weighted by Gasteiger charge is 2.23. The number of carbonyl (C=O) groups is 1. The summed E-state index contributed by atoms with van der Waals surface area (Å²) in [6, 6.07) is 10.7. The second-order valence-corrected chi connectivity index (χ2v) is 7.25. The average Bonchev–Trinajstić information content (AvgIpc) is 2.67. The number of anilines is 2. The third-order valence-electron chi connectivity index (χ3n) is 4.72. The van der Waals surface area contributed by atoms with E-state index in [1.54, 1.807) is 31.2 Å². The van der Waals surface area contributed by atoms with E-state index in [0.29, 0.717) is 41.7 Å². The van der Waals surface area contributed by atoms with Gasteiger partial charge in [0.1, 0.15) is 11.6 Å². The zero-order chi connectivity index (χ0) is 20.1. The molecule has 1 aliphatic heterocycles. The van der Waals surface area contributed by atoms with Gasteiger partial charge in [0.25, 0.3) is 5.91 Å². The molecular weight excluding hydrogens is 382 g/mol. The summed E-state index contributed by atoms with van der Waals surface area (Å²) >= 11 is 5.43. The lowest BCUT2D eigenvalue weighted by molar-refractivity contribution is -0.895. The lowest BCUT2D eigenvalue weighted by atomic mass is 10.2. The summed E-state index contributed by atoms with van der Waals surface area (Å²) in [4.78, 5) is 15.3. The van der Waals surface area contributed by atoms with Crippen molar-refractivity contribution in [3.8, 4) is 0 Å². The van der Waals surface area contributed by atoms with E-state index in [-0.39, 0.29) is 17.5 Å². The number of benzene rings is 2. The van der Waals surface area contributed by atoms with Crippen molar-refractivity contribution >= 4 is 34.6 Å². The number of aryl methyl sites for hydroxylation is 1. The molecule has 0 bridgehead atoms. The molecule has 0 unspecified atom stereocenters. The Morgan fingerprint density at radius 3 is 2.36 bits per heavy atom. The largest absolute Gasteiger partial charge is 0.338 e. The topological polar surface area (TPSA) is 48.8 Å². The summed E-state index contributed by atoms with van der Waals surface area (Å²) in [6.45, 7) is 5.00. The SMILES string of the molecule is Cc1ccc(NC(=S)N2CC[NH+](CC(=O)Nc3ccc(F)cc3)CC2)cc1F. The minimum Gasteiger partial charge on any atom is -0.338 e. The van der Waals surface area contributed by atoms with Gasteiger partial charge in [-0.05, 0) is 61.1 Å². The van der Waals surface area contributed by atoms with Crippen molar-refractivity contribution in [1.29, 1.82) is 0 Å². The van der Waals surface area contributed by atoms with E-state index >= 15 is 0 Å². The van der Waals surface area contributed by atoms with Crippen molar-refractivity contribution in [2.45, 2.75) is 6.92 Å². The molecule has 0 aliphatic carbocycles. The molecule has 0 atom stereocenters. The number of rotatable bonds is 4. The second kappa shape index (κ2) is 9.07. The fourth-order valence-corrected chi connectivity index (χ4v) is 3.34. The number of nitrogens with one attached hydrogen (secondary N) is 3. The highest BCUT2D eigenvalue weighted by atomic mass is 32.1. The van der Waals surface area contributed by atoms with Gasteiger partial charge in [0.2, 0.25) is 0 Å². The summed E-state index contributed by atoms with van der Waals surface area (Å²) in [5, 5.41) is 6.40. The van der Waals surface area contributed by atoms with Crippen LogP contribution < -0.4 is 15.5 Å². The minimum atomic E-state index is -0.335.